The summed E-state index contributed by atoms with van der Waals surface area (Å²) >= 11 is 2.72. The van der Waals surface area contributed by atoms with Crippen LogP contribution in [-0.2, 0) is 24.2 Å². The summed E-state index contributed by atoms with van der Waals surface area (Å²) in [4.78, 5) is 38.7. The first-order valence-corrected chi connectivity index (χ1v) is 10.8. The molecule has 27 heavy (non-hydrogen) atoms. The zero-order valence-electron chi connectivity index (χ0n) is 15.0. The van der Waals surface area contributed by atoms with E-state index in [0.717, 1.165) is 42.2 Å². The smallest absolute Gasteiger partial charge is 0.289 e. The fourth-order valence-corrected chi connectivity index (χ4v) is 5.45. The van der Waals surface area contributed by atoms with E-state index in [1.54, 1.807) is 11.3 Å². The van der Waals surface area contributed by atoms with E-state index in [2.05, 4.69) is 12.2 Å². The number of amides is 3. The molecule has 1 fully saturated rings. The van der Waals surface area contributed by atoms with Crippen LogP contribution in [0, 0.1) is 5.92 Å². The molecule has 0 bridgehead atoms. The maximum absolute atomic E-state index is 12.7. The Labute approximate surface area is 166 Å². The number of hydrogen-bond acceptors (Lipinski definition) is 5. The molecule has 2 aliphatic rings. The lowest BCUT2D eigenvalue weighted by atomic mass is 9.88. The Balaban J connectivity index is 1.42. The van der Waals surface area contributed by atoms with E-state index in [0.29, 0.717) is 11.6 Å². The molecular formula is C20H20N2O3S2. The third-order valence-corrected chi connectivity index (χ3v) is 6.95. The zero-order valence-corrected chi connectivity index (χ0v) is 16.6. The van der Waals surface area contributed by atoms with Crippen molar-refractivity contribution in [3.8, 4) is 0 Å². The number of carbonyl (C=O) groups excluding carboxylic acids is 3. The van der Waals surface area contributed by atoms with Crippen molar-refractivity contribution >= 4 is 45.8 Å². The predicted molar refractivity (Wildman–Crippen MR) is 108 cm³/mol. The molecule has 1 aliphatic heterocycles. The maximum Gasteiger partial charge on any atom is 0.289 e. The van der Waals surface area contributed by atoms with Crippen LogP contribution in [0.3, 0.4) is 0 Å². The third kappa shape index (κ3) is 3.80. The summed E-state index contributed by atoms with van der Waals surface area (Å²) in [5.74, 6) is 0.680. The highest BCUT2D eigenvalue weighted by Gasteiger charge is 2.29. The molecular weight excluding hydrogens is 380 g/mol. The molecule has 0 spiro atoms. The minimum Gasteiger partial charge on any atom is -0.322 e. The van der Waals surface area contributed by atoms with Gasteiger partial charge in [-0.15, -0.1) is 11.3 Å². The molecule has 1 aromatic carbocycles. The first kappa shape index (κ1) is 18.3. The number of thioether (sulfide) groups is 1. The number of thiophene rings is 1. The van der Waals surface area contributed by atoms with Crippen molar-refractivity contribution in [3.05, 3.63) is 51.2 Å². The standard InChI is InChI=1S/C20H20N2O3S2/c1-12-2-7-15-16(10-26-17(15)8-12)19(24)21-14-5-3-13(4-6-14)9-22-18(23)11-27-20(22)25/h3-6,10,12H,2,7-9,11H2,1H3,(H,21,24). The fraction of sp³-hybridized carbons (Fsp3) is 0.350. The van der Waals surface area contributed by atoms with Crippen LogP contribution in [0.15, 0.2) is 29.6 Å². The van der Waals surface area contributed by atoms with Gasteiger partial charge in [-0.05, 0) is 48.4 Å². The number of hydrogen-bond donors (Lipinski definition) is 1. The molecule has 3 amide bonds. The molecule has 7 heteroatoms. The molecule has 4 rings (SSSR count). The monoisotopic (exact) mass is 400 g/mol. The van der Waals surface area contributed by atoms with Gasteiger partial charge in [0.05, 0.1) is 17.9 Å². The summed E-state index contributed by atoms with van der Waals surface area (Å²) in [5, 5.41) is 4.73. The largest absolute Gasteiger partial charge is 0.322 e. The Hall–Kier alpha value is -2.12. The Kier molecular flexibility index (Phi) is 5.06. The second-order valence-electron chi connectivity index (χ2n) is 7.08. The number of carbonyl (C=O) groups is 3. The van der Waals surface area contributed by atoms with E-state index in [1.165, 1.54) is 15.3 Å². The fourth-order valence-electron chi connectivity index (χ4n) is 3.48. The molecule has 1 atom stereocenters. The predicted octanol–water partition coefficient (Wildman–Crippen LogP) is 4.32. The van der Waals surface area contributed by atoms with Crippen LogP contribution in [0.25, 0.3) is 0 Å². The highest BCUT2D eigenvalue weighted by molar-refractivity contribution is 8.14. The Bertz CT molecular complexity index is 888. The Morgan fingerprint density at radius 3 is 2.74 bits per heavy atom. The second-order valence-corrected chi connectivity index (χ2v) is 8.98. The van der Waals surface area contributed by atoms with Crippen LogP contribution in [0.4, 0.5) is 10.5 Å². The molecule has 5 nitrogen and oxygen atoms in total. The molecule has 0 saturated carbocycles. The quantitative estimate of drug-likeness (QED) is 0.830. The van der Waals surface area contributed by atoms with Gasteiger partial charge in [0.2, 0.25) is 5.91 Å². The molecule has 1 N–H and O–H groups in total. The van der Waals surface area contributed by atoms with Crippen molar-refractivity contribution in [3.63, 3.8) is 0 Å². The van der Waals surface area contributed by atoms with Crippen LogP contribution in [-0.4, -0.2) is 27.7 Å². The van der Waals surface area contributed by atoms with E-state index in [4.69, 9.17) is 0 Å². The summed E-state index contributed by atoms with van der Waals surface area (Å²) in [5.41, 5.74) is 3.56. The van der Waals surface area contributed by atoms with Gasteiger partial charge in [-0.2, -0.15) is 0 Å². The lowest BCUT2D eigenvalue weighted by molar-refractivity contribution is -0.125. The van der Waals surface area contributed by atoms with Crippen LogP contribution in [0.2, 0.25) is 0 Å². The van der Waals surface area contributed by atoms with Crippen LogP contribution < -0.4 is 5.32 Å². The highest BCUT2D eigenvalue weighted by Crippen LogP contribution is 2.33. The van der Waals surface area contributed by atoms with Gasteiger partial charge in [0.15, 0.2) is 0 Å². The number of rotatable bonds is 4. The Morgan fingerprint density at radius 1 is 1.26 bits per heavy atom. The van der Waals surface area contributed by atoms with E-state index >= 15 is 0 Å². The molecule has 1 unspecified atom stereocenters. The summed E-state index contributed by atoms with van der Waals surface area (Å²) in [7, 11) is 0. The number of imide groups is 1. The van der Waals surface area contributed by atoms with Gasteiger partial charge in [0.25, 0.3) is 11.1 Å². The Morgan fingerprint density at radius 2 is 2.04 bits per heavy atom. The zero-order chi connectivity index (χ0) is 19.0. The molecule has 1 aromatic heterocycles. The van der Waals surface area contributed by atoms with Gasteiger partial charge >= 0.3 is 0 Å². The van der Waals surface area contributed by atoms with E-state index in [-0.39, 0.29) is 29.4 Å². The molecule has 0 radical (unpaired) electrons. The van der Waals surface area contributed by atoms with Gasteiger partial charge in [0, 0.05) is 15.9 Å². The van der Waals surface area contributed by atoms with Gasteiger partial charge in [-0.1, -0.05) is 30.8 Å². The maximum atomic E-state index is 12.7. The number of nitrogens with zero attached hydrogens (tertiary/aromatic N) is 1. The normalized spacial score (nSPS) is 19.3. The van der Waals surface area contributed by atoms with Crippen molar-refractivity contribution in [2.24, 2.45) is 5.92 Å². The second kappa shape index (κ2) is 7.48. The van der Waals surface area contributed by atoms with Gasteiger partial charge in [-0.25, -0.2) is 0 Å². The van der Waals surface area contributed by atoms with Crippen LogP contribution in [0.1, 0.15) is 39.7 Å². The molecule has 1 aliphatic carbocycles. The minimum atomic E-state index is -0.200. The first-order valence-electron chi connectivity index (χ1n) is 8.98. The molecule has 1 saturated heterocycles. The number of anilines is 1. The number of fused-ring (bicyclic) bond motifs is 1. The molecule has 2 heterocycles. The molecule has 140 valence electrons. The summed E-state index contributed by atoms with van der Waals surface area (Å²) < 4.78 is 0. The van der Waals surface area contributed by atoms with E-state index < -0.39 is 0 Å². The summed E-state index contributed by atoms with van der Waals surface area (Å²) in [6, 6.07) is 7.30. The van der Waals surface area contributed by atoms with Crippen LogP contribution in [0.5, 0.6) is 0 Å². The number of benzene rings is 1. The number of nitrogens with one attached hydrogen (secondary N) is 1. The van der Waals surface area contributed by atoms with Crippen molar-refractivity contribution in [1.29, 1.82) is 0 Å². The van der Waals surface area contributed by atoms with Crippen molar-refractivity contribution in [2.45, 2.75) is 32.7 Å². The minimum absolute atomic E-state index is 0.0731. The summed E-state index contributed by atoms with van der Waals surface area (Å²) in [6.07, 6.45) is 3.16. The van der Waals surface area contributed by atoms with Gasteiger partial charge in [-0.3, -0.25) is 19.3 Å². The lowest BCUT2D eigenvalue weighted by Gasteiger charge is -2.18. The highest BCUT2D eigenvalue weighted by atomic mass is 32.2. The van der Waals surface area contributed by atoms with Gasteiger partial charge < -0.3 is 5.32 Å². The first-order chi connectivity index (χ1) is 13.0. The van der Waals surface area contributed by atoms with Crippen molar-refractivity contribution in [2.75, 3.05) is 11.1 Å². The van der Waals surface area contributed by atoms with Gasteiger partial charge in [0.1, 0.15) is 0 Å². The van der Waals surface area contributed by atoms with Crippen LogP contribution >= 0.6 is 23.1 Å². The third-order valence-electron chi connectivity index (χ3n) is 5.04. The summed E-state index contributed by atoms with van der Waals surface area (Å²) in [6.45, 7) is 2.53. The molecule has 2 aromatic rings. The lowest BCUT2D eigenvalue weighted by Crippen LogP contribution is -2.27. The SMILES string of the molecule is CC1CCc2c(C(=O)Nc3ccc(CN4C(=O)CSC4=O)cc3)csc2C1. The average molecular weight is 401 g/mol. The van der Waals surface area contributed by atoms with E-state index in [9.17, 15) is 14.4 Å². The van der Waals surface area contributed by atoms with Crippen molar-refractivity contribution < 1.29 is 14.4 Å². The topological polar surface area (TPSA) is 66.5 Å². The average Bonchev–Trinajstić information content (AvgIpc) is 3.21. The van der Waals surface area contributed by atoms with Crippen molar-refractivity contribution in [1.82, 2.24) is 4.90 Å². The van der Waals surface area contributed by atoms with E-state index in [1.807, 2.05) is 29.6 Å².